The number of anilines is 1. The zero-order valence-electron chi connectivity index (χ0n) is 9.96. The van der Waals surface area contributed by atoms with Gasteiger partial charge in [-0.05, 0) is 11.6 Å². The molecule has 1 atom stereocenters. The van der Waals surface area contributed by atoms with Crippen LogP contribution in [0.5, 0.6) is 0 Å². The third-order valence-corrected chi connectivity index (χ3v) is 2.92. The number of nitrogens with zero attached hydrogens (tertiary/aromatic N) is 1. The number of hydrogen-bond acceptors (Lipinski definition) is 3. The van der Waals surface area contributed by atoms with Crippen molar-refractivity contribution >= 4 is 12.1 Å². The van der Waals surface area contributed by atoms with Crippen LogP contribution in [0, 0.1) is 0 Å². The molecule has 4 heteroatoms. The Balaban J connectivity index is 2.05. The van der Waals surface area contributed by atoms with E-state index in [1.165, 1.54) is 0 Å². The summed E-state index contributed by atoms with van der Waals surface area (Å²) in [5, 5.41) is 0. The van der Waals surface area contributed by atoms with Gasteiger partial charge >= 0.3 is 0 Å². The van der Waals surface area contributed by atoms with E-state index in [-0.39, 0.29) is 6.10 Å². The van der Waals surface area contributed by atoms with Crippen LogP contribution in [-0.4, -0.2) is 39.4 Å². The summed E-state index contributed by atoms with van der Waals surface area (Å²) in [6.07, 6.45) is 1.78. The lowest BCUT2D eigenvalue weighted by Gasteiger charge is -2.31. The summed E-state index contributed by atoms with van der Waals surface area (Å²) in [6, 6.07) is 7.94. The van der Waals surface area contributed by atoms with Crippen LogP contribution in [0.3, 0.4) is 0 Å². The maximum atomic E-state index is 11.0. The Morgan fingerprint density at radius 3 is 3.00 bits per heavy atom. The minimum absolute atomic E-state index is 0.0604. The second kappa shape index (κ2) is 5.80. The van der Waals surface area contributed by atoms with E-state index in [9.17, 15) is 4.79 Å². The van der Waals surface area contributed by atoms with Crippen molar-refractivity contribution in [2.24, 2.45) is 0 Å². The lowest BCUT2D eigenvalue weighted by molar-refractivity contribution is -0.108. The third kappa shape index (κ3) is 2.84. The number of fused-ring (bicyclic) bond motifs is 1. The van der Waals surface area contributed by atoms with Gasteiger partial charge in [0.15, 0.2) is 0 Å². The number of rotatable bonds is 5. The lowest BCUT2D eigenvalue weighted by Crippen LogP contribution is -2.39. The highest BCUT2D eigenvalue weighted by Gasteiger charge is 2.24. The molecule has 1 aliphatic heterocycles. The maximum Gasteiger partial charge on any atom is 0.214 e. The van der Waals surface area contributed by atoms with Crippen molar-refractivity contribution in [1.82, 2.24) is 0 Å². The molecule has 0 aliphatic carbocycles. The molecular weight excluding hydrogens is 218 g/mol. The molecule has 0 spiro atoms. The van der Waals surface area contributed by atoms with Gasteiger partial charge in [0.1, 0.15) is 0 Å². The van der Waals surface area contributed by atoms with Crippen molar-refractivity contribution < 1.29 is 14.3 Å². The van der Waals surface area contributed by atoms with Gasteiger partial charge < -0.3 is 14.4 Å². The van der Waals surface area contributed by atoms with Crippen molar-refractivity contribution in [3.63, 3.8) is 0 Å². The molecule has 0 aromatic heterocycles. The molecule has 1 aliphatic rings. The van der Waals surface area contributed by atoms with E-state index < -0.39 is 0 Å². The molecule has 2 rings (SSSR count). The molecular formula is C13H17NO3. The van der Waals surface area contributed by atoms with Crippen LogP contribution in [-0.2, 0) is 20.7 Å². The van der Waals surface area contributed by atoms with Crippen molar-refractivity contribution in [2.45, 2.75) is 12.5 Å². The monoisotopic (exact) mass is 235 g/mol. The normalized spacial score (nSPS) is 18.9. The van der Waals surface area contributed by atoms with Crippen molar-refractivity contribution in [1.29, 1.82) is 0 Å². The van der Waals surface area contributed by atoms with E-state index in [2.05, 4.69) is 0 Å². The molecule has 0 radical (unpaired) electrons. The smallest absolute Gasteiger partial charge is 0.214 e. The summed E-state index contributed by atoms with van der Waals surface area (Å²) in [5.41, 5.74) is 2.15. The fourth-order valence-electron chi connectivity index (χ4n) is 2.10. The molecule has 0 saturated heterocycles. The Labute approximate surface area is 101 Å². The predicted octanol–water partition coefficient (Wildman–Crippen LogP) is 1.24. The summed E-state index contributed by atoms with van der Waals surface area (Å²) in [6.45, 7) is 1.76. The number of hydrogen-bond donors (Lipinski definition) is 0. The molecule has 92 valence electrons. The van der Waals surface area contributed by atoms with Crippen LogP contribution in [0.1, 0.15) is 5.56 Å². The van der Waals surface area contributed by atoms with E-state index >= 15 is 0 Å². The highest BCUT2D eigenvalue weighted by molar-refractivity contribution is 5.78. The molecule has 1 amide bonds. The number of carbonyl (C=O) groups is 1. The molecule has 0 fully saturated rings. The number of ether oxygens (including phenoxy) is 2. The van der Waals surface area contributed by atoms with Crippen molar-refractivity contribution in [3.8, 4) is 0 Å². The number of benzene rings is 1. The first kappa shape index (κ1) is 12.1. The van der Waals surface area contributed by atoms with E-state index in [1.54, 1.807) is 12.0 Å². The van der Waals surface area contributed by atoms with Crippen molar-refractivity contribution in [2.75, 3.05) is 31.8 Å². The van der Waals surface area contributed by atoms with Gasteiger partial charge in [0.05, 0.1) is 25.9 Å². The summed E-state index contributed by atoms with van der Waals surface area (Å²) in [4.78, 5) is 12.7. The summed E-state index contributed by atoms with van der Waals surface area (Å²) >= 11 is 0. The lowest BCUT2D eigenvalue weighted by atomic mass is 10.0. The number of methoxy groups -OCH3 is 1. The fourth-order valence-corrected chi connectivity index (χ4v) is 2.10. The van der Waals surface area contributed by atoms with Crippen LogP contribution in [0.2, 0.25) is 0 Å². The quantitative estimate of drug-likeness (QED) is 0.569. The Bertz CT molecular complexity index is 381. The highest BCUT2D eigenvalue weighted by atomic mass is 16.5. The largest absolute Gasteiger partial charge is 0.382 e. The number of amides is 1. The third-order valence-electron chi connectivity index (χ3n) is 2.92. The zero-order chi connectivity index (χ0) is 12.1. The summed E-state index contributed by atoms with van der Waals surface area (Å²) in [7, 11) is 1.65. The van der Waals surface area contributed by atoms with E-state index in [0.717, 1.165) is 24.1 Å². The average molecular weight is 235 g/mol. The molecule has 1 aromatic carbocycles. The van der Waals surface area contributed by atoms with Gasteiger partial charge in [0.2, 0.25) is 6.41 Å². The molecule has 4 nitrogen and oxygen atoms in total. The van der Waals surface area contributed by atoms with Gasteiger partial charge in [0.25, 0.3) is 0 Å². The van der Waals surface area contributed by atoms with Crippen molar-refractivity contribution in [3.05, 3.63) is 29.8 Å². The van der Waals surface area contributed by atoms with Gasteiger partial charge in [0, 0.05) is 19.2 Å². The topological polar surface area (TPSA) is 38.8 Å². The van der Waals surface area contributed by atoms with Crippen LogP contribution >= 0.6 is 0 Å². The second-order valence-electron chi connectivity index (χ2n) is 4.08. The van der Waals surface area contributed by atoms with E-state index in [4.69, 9.17) is 9.47 Å². The Morgan fingerprint density at radius 2 is 2.24 bits per heavy atom. The van der Waals surface area contributed by atoms with Crippen LogP contribution in [0.4, 0.5) is 5.69 Å². The number of para-hydroxylation sites is 1. The average Bonchev–Trinajstić information content (AvgIpc) is 2.38. The van der Waals surface area contributed by atoms with Gasteiger partial charge in [-0.1, -0.05) is 18.2 Å². The van der Waals surface area contributed by atoms with Crippen LogP contribution < -0.4 is 4.90 Å². The Morgan fingerprint density at radius 1 is 1.41 bits per heavy atom. The number of carbonyl (C=O) groups excluding carboxylic acids is 1. The Hall–Kier alpha value is -1.39. The van der Waals surface area contributed by atoms with Crippen LogP contribution in [0.25, 0.3) is 0 Å². The molecule has 0 saturated carbocycles. The minimum Gasteiger partial charge on any atom is -0.382 e. The molecule has 17 heavy (non-hydrogen) atoms. The molecule has 0 N–H and O–H groups in total. The highest BCUT2D eigenvalue weighted by Crippen LogP contribution is 2.26. The molecule has 0 bridgehead atoms. The maximum absolute atomic E-state index is 11.0. The van der Waals surface area contributed by atoms with Gasteiger partial charge in [-0.3, -0.25) is 4.79 Å². The predicted molar refractivity (Wildman–Crippen MR) is 65.2 cm³/mol. The van der Waals surface area contributed by atoms with Crippen LogP contribution in [0.15, 0.2) is 24.3 Å². The zero-order valence-corrected chi connectivity index (χ0v) is 9.96. The standard InChI is InChI=1S/C13H17NO3/c1-16-6-7-17-12-8-11-4-2-3-5-13(11)14(9-12)10-15/h2-5,10,12H,6-9H2,1H3. The Kier molecular flexibility index (Phi) is 4.12. The summed E-state index contributed by atoms with van der Waals surface area (Å²) < 4.78 is 10.6. The first-order chi connectivity index (χ1) is 8.35. The second-order valence-corrected chi connectivity index (χ2v) is 4.08. The van der Waals surface area contributed by atoms with Gasteiger partial charge in [-0.2, -0.15) is 0 Å². The van der Waals surface area contributed by atoms with Gasteiger partial charge in [-0.15, -0.1) is 0 Å². The SMILES string of the molecule is COCCOC1Cc2ccccc2N(C=O)C1. The van der Waals surface area contributed by atoms with E-state index in [1.807, 2.05) is 24.3 Å². The fraction of sp³-hybridized carbons (Fsp3) is 0.462. The molecule has 1 unspecified atom stereocenters. The molecule has 1 aromatic rings. The molecule has 1 heterocycles. The first-order valence-corrected chi connectivity index (χ1v) is 5.75. The minimum atomic E-state index is 0.0604. The summed E-state index contributed by atoms with van der Waals surface area (Å²) in [5.74, 6) is 0. The first-order valence-electron chi connectivity index (χ1n) is 5.75. The van der Waals surface area contributed by atoms with E-state index in [0.29, 0.717) is 19.8 Å². The van der Waals surface area contributed by atoms with Gasteiger partial charge in [-0.25, -0.2) is 0 Å².